The number of aryl methyl sites for hydroxylation is 1. The molecule has 0 radical (unpaired) electrons. The SMILES string of the molecule is NC(CCc1ccccn1)Cc1nc2ccccc2s1. The highest BCUT2D eigenvalue weighted by Gasteiger charge is 2.09. The first kappa shape index (κ1) is 13.2. The second-order valence-corrected chi connectivity index (χ2v) is 6.01. The molecule has 0 spiro atoms. The van der Waals surface area contributed by atoms with E-state index in [0.29, 0.717) is 0 Å². The molecule has 20 heavy (non-hydrogen) atoms. The first-order valence-electron chi connectivity index (χ1n) is 6.81. The molecule has 4 heteroatoms. The summed E-state index contributed by atoms with van der Waals surface area (Å²) in [5.74, 6) is 0. The third-order valence-electron chi connectivity index (χ3n) is 3.27. The smallest absolute Gasteiger partial charge is 0.0954 e. The fourth-order valence-corrected chi connectivity index (χ4v) is 3.27. The van der Waals surface area contributed by atoms with Crippen LogP contribution in [0.15, 0.2) is 48.7 Å². The van der Waals surface area contributed by atoms with Crippen LogP contribution in [-0.2, 0) is 12.8 Å². The number of pyridine rings is 1. The van der Waals surface area contributed by atoms with Gasteiger partial charge in [-0.15, -0.1) is 11.3 Å². The first-order valence-corrected chi connectivity index (χ1v) is 7.63. The quantitative estimate of drug-likeness (QED) is 0.782. The van der Waals surface area contributed by atoms with Gasteiger partial charge in [0.2, 0.25) is 0 Å². The Morgan fingerprint density at radius 2 is 1.95 bits per heavy atom. The molecule has 1 unspecified atom stereocenters. The predicted octanol–water partition coefficient (Wildman–Crippen LogP) is 3.19. The number of hydrogen-bond donors (Lipinski definition) is 1. The third kappa shape index (κ3) is 3.21. The Morgan fingerprint density at radius 3 is 2.75 bits per heavy atom. The van der Waals surface area contributed by atoms with Crippen molar-refractivity contribution in [2.75, 3.05) is 0 Å². The van der Waals surface area contributed by atoms with Gasteiger partial charge in [0.1, 0.15) is 0 Å². The fraction of sp³-hybridized carbons (Fsp3) is 0.250. The number of nitrogens with zero attached hydrogens (tertiary/aromatic N) is 2. The van der Waals surface area contributed by atoms with Crippen LogP contribution in [0.2, 0.25) is 0 Å². The van der Waals surface area contributed by atoms with Crippen molar-refractivity contribution in [1.29, 1.82) is 0 Å². The normalized spacial score (nSPS) is 12.7. The zero-order chi connectivity index (χ0) is 13.8. The number of nitrogens with two attached hydrogens (primary N) is 1. The fourth-order valence-electron chi connectivity index (χ4n) is 2.21. The van der Waals surface area contributed by atoms with Gasteiger partial charge in [-0.1, -0.05) is 18.2 Å². The molecule has 1 atom stereocenters. The van der Waals surface area contributed by atoms with E-state index in [-0.39, 0.29) is 6.04 Å². The summed E-state index contributed by atoms with van der Waals surface area (Å²) >= 11 is 1.74. The zero-order valence-electron chi connectivity index (χ0n) is 11.2. The molecule has 0 aliphatic heterocycles. The Morgan fingerprint density at radius 1 is 1.10 bits per heavy atom. The summed E-state index contributed by atoms with van der Waals surface area (Å²) in [6.07, 6.45) is 4.53. The van der Waals surface area contributed by atoms with E-state index < -0.39 is 0 Å². The van der Waals surface area contributed by atoms with Gasteiger partial charge in [0.05, 0.1) is 15.2 Å². The van der Waals surface area contributed by atoms with Gasteiger partial charge in [0, 0.05) is 24.4 Å². The average molecular weight is 283 g/mol. The predicted molar refractivity (Wildman–Crippen MR) is 83.9 cm³/mol. The summed E-state index contributed by atoms with van der Waals surface area (Å²) in [5, 5.41) is 1.12. The van der Waals surface area contributed by atoms with Crippen molar-refractivity contribution in [3.63, 3.8) is 0 Å². The highest BCUT2D eigenvalue weighted by Crippen LogP contribution is 2.22. The average Bonchev–Trinajstić information content (AvgIpc) is 2.88. The van der Waals surface area contributed by atoms with Crippen molar-refractivity contribution < 1.29 is 0 Å². The van der Waals surface area contributed by atoms with Crippen LogP contribution >= 0.6 is 11.3 Å². The minimum atomic E-state index is 0.137. The molecule has 3 rings (SSSR count). The monoisotopic (exact) mass is 283 g/mol. The Balaban J connectivity index is 1.59. The van der Waals surface area contributed by atoms with E-state index in [1.807, 2.05) is 36.5 Å². The molecule has 3 aromatic rings. The number of rotatable bonds is 5. The second kappa shape index (κ2) is 6.11. The van der Waals surface area contributed by atoms with Crippen molar-refractivity contribution in [2.45, 2.75) is 25.3 Å². The Bertz CT molecular complexity index is 645. The number of thiazole rings is 1. The van der Waals surface area contributed by atoms with Crippen LogP contribution in [0, 0.1) is 0 Å². The molecule has 2 aromatic heterocycles. The van der Waals surface area contributed by atoms with Gasteiger partial charge in [-0.2, -0.15) is 0 Å². The molecule has 1 aromatic carbocycles. The molecule has 0 saturated heterocycles. The molecular weight excluding hydrogens is 266 g/mol. The molecule has 0 aliphatic carbocycles. The molecule has 102 valence electrons. The highest BCUT2D eigenvalue weighted by molar-refractivity contribution is 7.18. The molecule has 0 bridgehead atoms. The molecular formula is C16H17N3S. The van der Waals surface area contributed by atoms with E-state index in [4.69, 9.17) is 5.73 Å². The van der Waals surface area contributed by atoms with Gasteiger partial charge in [-0.25, -0.2) is 4.98 Å². The van der Waals surface area contributed by atoms with E-state index in [1.54, 1.807) is 11.3 Å². The molecule has 0 amide bonds. The molecule has 3 nitrogen and oxygen atoms in total. The topological polar surface area (TPSA) is 51.8 Å². The van der Waals surface area contributed by atoms with E-state index in [9.17, 15) is 0 Å². The summed E-state index contributed by atoms with van der Waals surface area (Å²) in [6, 6.07) is 14.4. The van der Waals surface area contributed by atoms with Crippen molar-refractivity contribution in [2.24, 2.45) is 5.73 Å². The van der Waals surface area contributed by atoms with Crippen LogP contribution in [0.5, 0.6) is 0 Å². The van der Waals surface area contributed by atoms with Gasteiger partial charge in [-0.05, 0) is 37.1 Å². The second-order valence-electron chi connectivity index (χ2n) is 4.90. The summed E-state index contributed by atoms with van der Waals surface area (Å²) in [4.78, 5) is 8.95. The van der Waals surface area contributed by atoms with E-state index in [2.05, 4.69) is 22.1 Å². The zero-order valence-corrected chi connectivity index (χ0v) is 12.0. The number of para-hydroxylation sites is 1. The van der Waals surface area contributed by atoms with Gasteiger partial charge >= 0.3 is 0 Å². The molecule has 0 aliphatic rings. The van der Waals surface area contributed by atoms with E-state index in [1.165, 1.54) is 4.70 Å². The van der Waals surface area contributed by atoms with Gasteiger partial charge in [0.25, 0.3) is 0 Å². The number of aromatic nitrogens is 2. The lowest BCUT2D eigenvalue weighted by atomic mass is 10.1. The lowest BCUT2D eigenvalue weighted by Crippen LogP contribution is -2.23. The Labute approximate surface area is 122 Å². The minimum Gasteiger partial charge on any atom is -0.327 e. The van der Waals surface area contributed by atoms with Crippen molar-refractivity contribution in [3.05, 3.63) is 59.4 Å². The van der Waals surface area contributed by atoms with Gasteiger partial charge in [0.15, 0.2) is 0 Å². The van der Waals surface area contributed by atoms with Crippen molar-refractivity contribution in [3.8, 4) is 0 Å². The van der Waals surface area contributed by atoms with Crippen LogP contribution in [0.3, 0.4) is 0 Å². The maximum Gasteiger partial charge on any atom is 0.0954 e. The molecule has 2 N–H and O–H groups in total. The Kier molecular flexibility index (Phi) is 4.04. The van der Waals surface area contributed by atoms with E-state index >= 15 is 0 Å². The van der Waals surface area contributed by atoms with E-state index in [0.717, 1.165) is 35.5 Å². The number of hydrogen-bond acceptors (Lipinski definition) is 4. The number of benzene rings is 1. The largest absolute Gasteiger partial charge is 0.327 e. The molecule has 0 saturated carbocycles. The lowest BCUT2D eigenvalue weighted by molar-refractivity contribution is 0.604. The lowest BCUT2D eigenvalue weighted by Gasteiger charge is -2.08. The summed E-state index contributed by atoms with van der Waals surface area (Å²) < 4.78 is 1.24. The van der Waals surface area contributed by atoms with Crippen molar-refractivity contribution >= 4 is 21.6 Å². The summed E-state index contributed by atoms with van der Waals surface area (Å²) in [7, 11) is 0. The molecule has 0 fully saturated rings. The standard InChI is InChI=1S/C16H17N3S/c17-12(8-9-13-5-3-4-10-18-13)11-16-19-14-6-1-2-7-15(14)20-16/h1-7,10,12H,8-9,11,17H2. The van der Waals surface area contributed by atoms with Crippen LogP contribution in [0.4, 0.5) is 0 Å². The van der Waals surface area contributed by atoms with Crippen LogP contribution < -0.4 is 5.73 Å². The summed E-state index contributed by atoms with van der Waals surface area (Å²) in [6.45, 7) is 0. The van der Waals surface area contributed by atoms with Crippen molar-refractivity contribution in [1.82, 2.24) is 9.97 Å². The van der Waals surface area contributed by atoms with Gasteiger partial charge in [-0.3, -0.25) is 4.98 Å². The first-order chi connectivity index (χ1) is 9.81. The van der Waals surface area contributed by atoms with Crippen LogP contribution in [0.25, 0.3) is 10.2 Å². The third-order valence-corrected chi connectivity index (χ3v) is 4.33. The molecule has 2 heterocycles. The van der Waals surface area contributed by atoms with Crippen LogP contribution in [0.1, 0.15) is 17.1 Å². The van der Waals surface area contributed by atoms with Gasteiger partial charge < -0.3 is 5.73 Å². The maximum atomic E-state index is 6.21. The Hall–Kier alpha value is -1.78. The highest BCUT2D eigenvalue weighted by atomic mass is 32.1. The summed E-state index contributed by atoms with van der Waals surface area (Å²) in [5.41, 5.74) is 8.39. The number of fused-ring (bicyclic) bond motifs is 1. The minimum absolute atomic E-state index is 0.137. The maximum absolute atomic E-state index is 6.21. The van der Waals surface area contributed by atoms with Crippen LogP contribution in [-0.4, -0.2) is 16.0 Å².